The van der Waals surface area contributed by atoms with E-state index in [4.69, 9.17) is 4.52 Å². The molecule has 5 nitrogen and oxygen atoms in total. The summed E-state index contributed by atoms with van der Waals surface area (Å²) in [5, 5.41) is 4.01. The fourth-order valence-electron chi connectivity index (χ4n) is 3.18. The highest BCUT2D eigenvalue weighted by atomic mass is 19.1. The van der Waals surface area contributed by atoms with Gasteiger partial charge in [-0.25, -0.2) is 4.39 Å². The maximum absolute atomic E-state index is 13.0. The van der Waals surface area contributed by atoms with E-state index in [0.29, 0.717) is 18.1 Å². The van der Waals surface area contributed by atoms with Gasteiger partial charge in [0.2, 0.25) is 17.6 Å². The minimum absolute atomic E-state index is 0.182. The fraction of sp³-hybridized carbons (Fsp3) is 0.526. The molecule has 1 aliphatic heterocycles. The van der Waals surface area contributed by atoms with E-state index in [2.05, 4.69) is 17.1 Å². The van der Waals surface area contributed by atoms with Crippen LogP contribution in [0.4, 0.5) is 4.39 Å². The van der Waals surface area contributed by atoms with Crippen molar-refractivity contribution in [3.8, 4) is 11.4 Å². The number of carbonyl (C=O) groups is 1. The summed E-state index contributed by atoms with van der Waals surface area (Å²) in [6.45, 7) is 3.62. The van der Waals surface area contributed by atoms with E-state index in [1.165, 1.54) is 12.1 Å². The van der Waals surface area contributed by atoms with Crippen LogP contribution in [0.15, 0.2) is 28.8 Å². The zero-order valence-electron chi connectivity index (χ0n) is 14.6. The Hall–Kier alpha value is -2.24. The highest BCUT2D eigenvalue weighted by Crippen LogP contribution is 2.29. The van der Waals surface area contributed by atoms with Gasteiger partial charge in [-0.05, 0) is 43.5 Å². The Labute approximate surface area is 147 Å². The molecule has 0 spiro atoms. The number of amides is 1. The molecule has 1 saturated heterocycles. The third kappa shape index (κ3) is 4.44. The standard InChI is InChI=1S/C19H24FN3O2/c1-2-3-4-5-17(24)23-12-10-15(11-13-23)19-21-18(22-25-19)14-6-8-16(20)9-7-14/h6-9,15H,2-5,10-13H2,1H3. The number of carbonyl (C=O) groups excluding carboxylic acids is 1. The van der Waals surface area contributed by atoms with Gasteiger partial charge in [-0.2, -0.15) is 4.98 Å². The van der Waals surface area contributed by atoms with E-state index in [1.54, 1.807) is 12.1 Å². The third-order valence-electron chi connectivity index (χ3n) is 4.74. The van der Waals surface area contributed by atoms with Crippen molar-refractivity contribution in [2.75, 3.05) is 13.1 Å². The second-order valence-corrected chi connectivity index (χ2v) is 6.58. The molecular weight excluding hydrogens is 321 g/mol. The molecule has 2 heterocycles. The molecule has 1 fully saturated rings. The van der Waals surface area contributed by atoms with Gasteiger partial charge in [0.15, 0.2) is 0 Å². The van der Waals surface area contributed by atoms with Crippen molar-refractivity contribution >= 4 is 5.91 Å². The molecule has 0 N–H and O–H groups in total. The average molecular weight is 345 g/mol. The van der Waals surface area contributed by atoms with Gasteiger partial charge >= 0.3 is 0 Å². The molecule has 1 aliphatic rings. The summed E-state index contributed by atoms with van der Waals surface area (Å²) in [5.74, 6) is 1.24. The maximum atomic E-state index is 13.0. The van der Waals surface area contributed by atoms with Crippen LogP contribution in [0.5, 0.6) is 0 Å². The second-order valence-electron chi connectivity index (χ2n) is 6.58. The van der Waals surface area contributed by atoms with E-state index in [0.717, 1.165) is 50.8 Å². The molecule has 2 aromatic rings. The van der Waals surface area contributed by atoms with Crippen molar-refractivity contribution in [3.05, 3.63) is 36.0 Å². The van der Waals surface area contributed by atoms with Gasteiger partial charge in [0.25, 0.3) is 0 Å². The predicted molar refractivity (Wildman–Crippen MR) is 92.4 cm³/mol. The maximum Gasteiger partial charge on any atom is 0.230 e. The number of benzene rings is 1. The summed E-state index contributed by atoms with van der Waals surface area (Å²) in [7, 11) is 0. The Kier molecular flexibility index (Phi) is 5.79. The fourth-order valence-corrected chi connectivity index (χ4v) is 3.18. The van der Waals surface area contributed by atoms with Gasteiger partial charge in [0.05, 0.1) is 0 Å². The lowest BCUT2D eigenvalue weighted by Crippen LogP contribution is -2.37. The highest BCUT2D eigenvalue weighted by molar-refractivity contribution is 5.76. The minimum Gasteiger partial charge on any atom is -0.343 e. The van der Waals surface area contributed by atoms with Crippen LogP contribution in [-0.4, -0.2) is 34.0 Å². The summed E-state index contributed by atoms with van der Waals surface area (Å²) < 4.78 is 18.4. The number of unbranched alkanes of at least 4 members (excludes halogenated alkanes) is 2. The van der Waals surface area contributed by atoms with Crippen molar-refractivity contribution in [3.63, 3.8) is 0 Å². The van der Waals surface area contributed by atoms with Gasteiger partial charge in [0, 0.05) is 31.0 Å². The number of rotatable bonds is 6. The summed E-state index contributed by atoms with van der Waals surface area (Å²) in [6, 6.07) is 6.05. The van der Waals surface area contributed by atoms with Crippen molar-refractivity contribution < 1.29 is 13.7 Å². The van der Waals surface area contributed by atoms with E-state index < -0.39 is 0 Å². The Morgan fingerprint density at radius 2 is 1.96 bits per heavy atom. The van der Waals surface area contributed by atoms with Crippen LogP contribution >= 0.6 is 0 Å². The smallest absolute Gasteiger partial charge is 0.230 e. The van der Waals surface area contributed by atoms with Crippen LogP contribution in [0, 0.1) is 5.82 Å². The molecule has 0 unspecified atom stereocenters. The van der Waals surface area contributed by atoms with Gasteiger partial charge in [-0.15, -0.1) is 0 Å². The molecule has 1 amide bonds. The zero-order valence-corrected chi connectivity index (χ0v) is 14.6. The van der Waals surface area contributed by atoms with E-state index in [9.17, 15) is 9.18 Å². The highest BCUT2D eigenvalue weighted by Gasteiger charge is 2.27. The molecule has 0 aliphatic carbocycles. The molecule has 0 radical (unpaired) electrons. The Bertz CT molecular complexity index is 691. The molecule has 0 bridgehead atoms. The number of halogens is 1. The molecule has 134 valence electrons. The number of hydrogen-bond donors (Lipinski definition) is 0. The summed E-state index contributed by atoms with van der Waals surface area (Å²) in [4.78, 5) is 18.6. The molecule has 3 rings (SSSR count). The lowest BCUT2D eigenvalue weighted by molar-refractivity contribution is -0.132. The first kappa shape index (κ1) is 17.6. The van der Waals surface area contributed by atoms with Crippen LogP contribution in [0.2, 0.25) is 0 Å². The monoisotopic (exact) mass is 345 g/mol. The van der Waals surface area contributed by atoms with Crippen LogP contribution in [0.1, 0.15) is 57.3 Å². The molecular formula is C19H24FN3O2. The molecule has 6 heteroatoms. The van der Waals surface area contributed by atoms with Gasteiger partial charge in [-0.1, -0.05) is 24.9 Å². The number of likely N-dealkylation sites (tertiary alicyclic amines) is 1. The van der Waals surface area contributed by atoms with Gasteiger partial charge < -0.3 is 9.42 Å². The Morgan fingerprint density at radius 1 is 1.24 bits per heavy atom. The molecule has 25 heavy (non-hydrogen) atoms. The normalized spacial score (nSPS) is 15.5. The van der Waals surface area contributed by atoms with E-state index in [1.807, 2.05) is 4.90 Å². The number of hydrogen-bond acceptors (Lipinski definition) is 4. The van der Waals surface area contributed by atoms with Crippen molar-refractivity contribution in [1.82, 2.24) is 15.0 Å². The van der Waals surface area contributed by atoms with Crippen molar-refractivity contribution in [2.45, 2.75) is 51.4 Å². The van der Waals surface area contributed by atoms with Crippen LogP contribution in [0.3, 0.4) is 0 Å². The largest absolute Gasteiger partial charge is 0.343 e. The van der Waals surface area contributed by atoms with Crippen LogP contribution in [0.25, 0.3) is 11.4 Å². The first-order chi connectivity index (χ1) is 12.2. The topological polar surface area (TPSA) is 59.2 Å². The first-order valence-corrected chi connectivity index (χ1v) is 9.04. The molecule has 0 atom stereocenters. The first-order valence-electron chi connectivity index (χ1n) is 9.04. The summed E-state index contributed by atoms with van der Waals surface area (Å²) in [5.41, 5.74) is 0.736. The SMILES string of the molecule is CCCCCC(=O)N1CCC(c2nc(-c3ccc(F)cc3)no2)CC1. The molecule has 0 saturated carbocycles. The number of piperidine rings is 1. The third-order valence-corrected chi connectivity index (χ3v) is 4.74. The van der Waals surface area contributed by atoms with E-state index in [-0.39, 0.29) is 17.6 Å². The van der Waals surface area contributed by atoms with E-state index >= 15 is 0 Å². The zero-order chi connectivity index (χ0) is 17.6. The average Bonchev–Trinajstić information content (AvgIpc) is 3.13. The minimum atomic E-state index is -0.288. The van der Waals surface area contributed by atoms with Gasteiger partial charge in [0.1, 0.15) is 5.82 Å². The molecule has 1 aromatic carbocycles. The number of aromatic nitrogens is 2. The Balaban J connectivity index is 1.55. The van der Waals surface area contributed by atoms with Gasteiger partial charge in [-0.3, -0.25) is 4.79 Å². The summed E-state index contributed by atoms with van der Waals surface area (Å²) >= 11 is 0. The van der Waals surface area contributed by atoms with Crippen LogP contribution in [-0.2, 0) is 4.79 Å². The lowest BCUT2D eigenvalue weighted by Gasteiger charge is -2.30. The quantitative estimate of drug-likeness (QED) is 0.738. The van der Waals surface area contributed by atoms with Crippen molar-refractivity contribution in [1.29, 1.82) is 0 Å². The lowest BCUT2D eigenvalue weighted by atomic mass is 9.96. The van der Waals surface area contributed by atoms with Crippen LogP contribution < -0.4 is 0 Å². The molecule has 1 aromatic heterocycles. The Morgan fingerprint density at radius 3 is 2.64 bits per heavy atom. The number of nitrogens with zero attached hydrogens (tertiary/aromatic N) is 3. The predicted octanol–water partition coefficient (Wildman–Crippen LogP) is 4.16. The summed E-state index contributed by atoms with van der Waals surface area (Å²) in [6.07, 6.45) is 5.53. The second kappa shape index (κ2) is 8.23. The van der Waals surface area contributed by atoms with Crippen molar-refractivity contribution in [2.24, 2.45) is 0 Å².